The lowest BCUT2D eigenvalue weighted by Gasteiger charge is -2.29. The van der Waals surface area contributed by atoms with Gasteiger partial charge in [-0.05, 0) is 22.0 Å². The van der Waals surface area contributed by atoms with E-state index in [1.807, 2.05) is 0 Å². The first-order valence-electron chi connectivity index (χ1n) is 6.20. The van der Waals surface area contributed by atoms with Crippen LogP contribution in [0.5, 0.6) is 5.75 Å². The number of hydrogen-bond donors (Lipinski definition) is 1. The molecule has 1 aliphatic rings. The van der Waals surface area contributed by atoms with Gasteiger partial charge in [0.2, 0.25) is 0 Å². The maximum atomic E-state index is 13.5. The number of benzene rings is 1. The summed E-state index contributed by atoms with van der Waals surface area (Å²) in [7, 11) is 1.33. The van der Waals surface area contributed by atoms with Gasteiger partial charge < -0.3 is 19.5 Å². The minimum atomic E-state index is -1.30. The molecule has 1 aromatic carbocycles. The fourth-order valence-corrected chi connectivity index (χ4v) is 2.15. The van der Waals surface area contributed by atoms with E-state index >= 15 is 0 Å². The molecule has 1 aliphatic heterocycles. The first-order chi connectivity index (χ1) is 10.2. The van der Waals surface area contributed by atoms with Gasteiger partial charge in [0.1, 0.15) is 0 Å². The van der Waals surface area contributed by atoms with Crippen LogP contribution in [0.4, 0.5) is 10.1 Å². The zero-order valence-corrected chi connectivity index (χ0v) is 13.6. The van der Waals surface area contributed by atoms with E-state index in [1.165, 1.54) is 33.1 Å². The van der Waals surface area contributed by atoms with E-state index in [4.69, 9.17) is 14.2 Å². The van der Waals surface area contributed by atoms with Crippen LogP contribution in [0.3, 0.4) is 0 Å². The molecule has 0 amide bonds. The molecular formula is C14H13BrFNO5. The highest BCUT2D eigenvalue weighted by molar-refractivity contribution is 9.10. The Bertz CT molecular complexity index is 649. The quantitative estimate of drug-likeness (QED) is 0.498. The number of hydrogen-bond acceptors (Lipinski definition) is 6. The SMILES string of the molecule is COc1cc(NC=C2C(=O)OC(C)(C)OC2=O)c(Br)cc1F. The lowest BCUT2D eigenvalue weighted by atomic mass is 10.2. The molecule has 1 aromatic rings. The normalized spacial score (nSPS) is 16.7. The molecule has 118 valence electrons. The fourth-order valence-electron chi connectivity index (χ4n) is 1.72. The summed E-state index contributed by atoms with van der Waals surface area (Å²) in [5, 5.41) is 2.72. The molecule has 1 saturated heterocycles. The third-order valence-electron chi connectivity index (χ3n) is 2.73. The maximum Gasteiger partial charge on any atom is 0.350 e. The Morgan fingerprint density at radius 1 is 1.27 bits per heavy atom. The standard InChI is InChI=1S/C14H13BrFNO5/c1-14(2)21-12(18)7(13(19)22-14)6-17-10-5-11(20-3)9(16)4-8(10)15/h4-6,17H,1-3H3. The lowest BCUT2D eigenvalue weighted by Crippen LogP contribution is -2.42. The largest absolute Gasteiger partial charge is 0.494 e. The molecule has 0 aromatic heterocycles. The van der Waals surface area contributed by atoms with E-state index in [9.17, 15) is 14.0 Å². The summed E-state index contributed by atoms with van der Waals surface area (Å²) in [6.07, 6.45) is 1.14. The van der Waals surface area contributed by atoms with E-state index in [2.05, 4.69) is 21.2 Å². The highest BCUT2D eigenvalue weighted by atomic mass is 79.9. The Balaban J connectivity index is 2.25. The highest BCUT2D eigenvalue weighted by Crippen LogP contribution is 2.30. The van der Waals surface area contributed by atoms with Crippen molar-refractivity contribution in [3.05, 3.63) is 34.2 Å². The van der Waals surface area contributed by atoms with Gasteiger partial charge in [-0.2, -0.15) is 0 Å². The predicted octanol–water partition coefficient (Wildman–Crippen LogP) is 2.73. The summed E-state index contributed by atoms with van der Waals surface area (Å²) in [6.45, 7) is 2.91. The van der Waals surface area contributed by atoms with Crippen molar-refractivity contribution in [1.82, 2.24) is 0 Å². The minimum Gasteiger partial charge on any atom is -0.494 e. The average molecular weight is 374 g/mol. The Morgan fingerprint density at radius 2 is 1.86 bits per heavy atom. The van der Waals surface area contributed by atoms with Gasteiger partial charge in [0.15, 0.2) is 17.1 Å². The van der Waals surface area contributed by atoms with Crippen LogP contribution in [0.1, 0.15) is 13.8 Å². The first-order valence-corrected chi connectivity index (χ1v) is 6.99. The molecule has 0 unspecified atom stereocenters. The summed E-state index contributed by atoms with van der Waals surface area (Å²) >= 11 is 3.16. The molecule has 0 aliphatic carbocycles. The second-order valence-electron chi connectivity index (χ2n) is 4.85. The topological polar surface area (TPSA) is 73.9 Å². The number of ether oxygens (including phenoxy) is 3. The van der Waals surface area contributed by atoms with Crippen molar-refractivity contribution >= 4 is 33.6 Å². The van der Waals surface area contributed by atoms with Crippen LogP contribution in [0.25, 0.3) is 0 Å². The highest BCUT2D eigenvalue weighted by Gasteiger charge is 2.38. The van der Waals surface area contributed by atoms with E-state index in [1.54, 1.807) is 0 Å². The number of nitrogens with one attached hydrogen (secondary N) is 1. The first kappa shape index (κ1) is 16.3. The number of esters is 2. The van der Waals surface area contributed by atoms with Gasteiger partial charge in [0.05, 0.1) is 12.8 Å². The number of carbonyl (C=O) groups is 2. The van der Waals surface area contributed by atoms with Crippen molar-refractivity contribution in [2.45, 2.75) is 19.6 Å². The van der Waals surface area contributed by atoms with Gasteiger partial charge in [0, 0.05) is 30.6 Å². The zero-order valence-electron chi connectivity index (χ0n) is 12.0. The third-order valence-corrected chi connectivity index (χ3v) is 3.39. The maximum absolute atomic E-state index is 13.5. The monoisotopic (exact) mass is 373 g/mol. The van der Waals surface area contributed by atoms with Gasteiger partial charge in [-0.3, -0.25) is 0 Å². The lowest BCUT2D eigenvalue weighted by molar-refractivity contribution is -0.222. The van der Waals surface area contributed by atoms with E-state index < -0.39 is 23.5 Å². The van der Waals surface area contributed by atoms with Crippen LogP contribution in [0.2, 0.25) is 0 Å². The molecule has 1 N–H and O–H groups in total. The Kier molecular flexibility index (Phi) is 4.41. The Morgan fingerprint density at radius 3 is 2.41 bits per heavy atom. The molecule has 6 nitrogen and oxygen atoms in total. The molecule has 22 heavy (non-hydrogen) atoms. The Hall–Kier alpha value is -2.09. The number of rotatable bonds is 3. The molecule has 0 saturated carbocycles. The number of carbonyl (C=O) groups excluding carboxylic acids is 2. The molecule has 1 heterocycles. The Labute approximate surface area is 134 Å². The van der Waals surface area contributed by atoms with Gasteiger partial charge in [-0.1, -0.05) is 0 Å². The van der Waals surface area contributed by atoms with Crippen molar-refractivity contribution in [3.8, 4) is 5.75 Å². The number of methoxy groups -OCH3 is 1. The predicted molar refractivity (Wildman–Crippen MR) is 78.6 cm³/mol. The van der Waals surface area contributed by atoms with Gasteiger partial charge in [-0.15, -0.1) is 0 Å². The van der Waals surface area contributed by atoms with Crippen molar-refractivity contribution < 1.29 is 28.2 Å². The number of anilines is 1. The van der Waals surface area contributed by atoms with E-state index in [0.717, 1.165) is 6.20 Å². The second-order valence-corrected chi connectivity index (χ2v) is 5.70. The fraction of sp³-hybridized carbons (Fsp3) is 0.286. The van der Waals surface area contributed by atoms with Gasteiger partial charge in [-0.25, -0.2) is 14.0 Å². The molecular weight excluding hydrogens is 361 g/mol. The van der Waals surface area contributed by atoms with E-state index in [-0.39, 0.29) is 11.3 Å². The smallest absolute Gasteiger partial charge is 0.350 e. The summed E-state index contributed by atoms with van der Waals surface area (Å²) < 4.78 is 28.6. The number of cyclic esters (lactones) is 2. The number of halogens is 2. The van der Waals surface area contributed by atoms with Gasteiger partial charge >= 0.3 is 11.9 Å². The molecule has 0 bridgehead atoms. The summed E-state index contributed by atoms with van der Waals surface area (Å²) in [5.74, 6) is -3.45. The average Bonchev–Trinajstić information content (AvgIpc) is 2.38. The van der Waals surface area contributed by atoms with Crippen molar-refractivity contribution in [1.29, 1.82) is 0 Å². The van der Waals surface area contributed by atoms with Crippen LogP contribution >= 0.6 is 15.9 Å². The minimum absolute atomic E-state index is 0.0130. The summed E-state index contributed by atoms with van der Waals surface area (Å²) in [4.78, 5) is 23.6. The van der Waals surface area contributed by atoms with Crippen LogP contribution in [0, 0.1) is 5.82 Å². The molecule has 0 atom stereocenters. The summed E-state index contributed by atoms with van der Waals surface area (Å²) in [5.41, 5.74) is 0.103. The van der Waals surface area contributed by atoms with Crippen molar-refractivity contribution in [2.24, 2.45) is 0 Å². The molecule has 0 spiro atoms. The molecule has 0 radical (unpaired) electrons. The molecule has 8 heteroatoms. The van der Waals surface area contributed by atoms with Crippen LogP contribution in [-0.4, -0.2) is 24.8 Å². The third kappa shape index (κ3) is 3.38. The van der Waals surface area contributed by atoms with Crippen LogP contribution < -0.4 is 10.1 Å². The van der Waals surface area contributed by atoms with Crippen molar-refractivity contribution in [3.63, 3.8) is 0 Å². The van der Waals surface area contributed by atoms with Crippen LogP contribution in [-0.2, 0) is 19.1 Å². The van der Waals surface area contributed by atoms with Crippen molar-refractivity contribution in [2.75, 3.05) is 12.4 Å². The second kappa shape index (κ2) is 5.96. The van der Waals surface area contributed by atoms with Crippen LogP contribution in [0.15, 0.2) is 28.4 Å². The molecule has 2 rings (SSSR count). The van der Waals surface area contributed by atoms with E-state index in [0.29, 0.717) is 10.2 Å². The summed E-state index contributed by atoms with van der Waals surface area (Å²) in [6, 6.07) is 2.57. The van der Waals surface area contributed by atoms with Gasteiger partial charge in [0.25, 0.3) is 5.79 Å². The molecule has 1 fully saturated rings. The zero-order chi connectivity index (χ0) is 16.5.